The van der Waals surface area contributed by atoms with Gasteiger partial charge in [-0.2, -0.15) is 0 Å². The van der Waals surface area contributed by atoms with Gasteiger partial charge in [0.15, 0.2) is 0 Å². The summed E-state index contributed by atoms with van der Waals surface area (Å²) >= 11 is 0. The van der Waals surface area contributed by atoms with E-state index in [9.17, 15) is 0 Å². The summed E-state index contributed by atoms with van der Waals surface area (Å²) < 4.78 is 5.46. The molecule has 0 saturated carbocycles. The Bertz CT molecular complexity index is 751. The highest BCUT2D eigenvalue weighted by Crippen LogP contribution is 2.27. The second-order valence-electron chi connectivity index (χ2n) is 4.91. The molecule has 2 aromatic carbocycles. The third-order valence-electron chi connectivity index (χ3n) is 3.29. The third kappa shape index (κ3) is 2.97. The zero-order valence-corrected chi connectivity index (χ0v) is 12.3. The minimum Gasteiger partial charge on any atom is -0.494 e. The lowest BCUT2D eigenvalue weighted by Gasteiger charge is -2.11. The van der Waals surface area contributed by atoms with Crippen molar-refractivity contribution in [3.8, 4) is 5.75 Å². The first-order chi connectivity index (χ1) is 10.3. The molecule has 3 aromatic rings. The maximum absolute atomic E-state index is 5.46. The number of rotatable bonds is 4. The highest BCUT2D eigenvalue weighted by atomic mass is 16.5. The predicted molar refractivity (Wildman–Crippen MR) is 87.4 cm³/mol. The van der Waals surface area contributed by atoms with E-state index in [1.54, 1.807) is 0 Å². The van der Waals surface area contributed by atoms with Crippen molar-refractivity contribution in [1.29, 1.82) is 0 Å². The van der Waals surface area contributed by atoms with Crippen LogP contribution in [0.2, 0.25) is 0 Å². The number of nitrogens with one attached hydrogen (secondary N) is 1. The Kier molecular flexibility index (Phi) is 3.73. The number of fused-ring (bicyclic) bond motifs is 1. The Morgan fingerprint density at radius 1 is 1.05 bits per heavy atom. The highest BCUT2D eigenvalue weighted by Gasteiger charge is 2.04. The maximum Gasteiger partial charge on any atom is 0.119 e. The number of anilines is 2. The van der Waals surface area contributed by atoms with Gasteiger partial charge in [-0.15, -0.1) is 0 Å². The van der Waals surface area contributed by atoms with Gasteiger partial charge in [0.25, 0.3) is 0 Å². The normalized spacial score (nSPS) is 10.6. The van der Waals surface area contributed by atoms with Crippen LogP contribution in [0.25, 0.3) is 10.9 Å². The zero-order chi connectivity index (χ0) is 14.7. The fourth-order valence-electron chi connectivity index (χ4n) is 2.37. The summed E-state index contributed by atoms with van der Waals surface area (Å²) in [5, 5.41) is 4.58. The molecule has 0 atom stereocenters. The van der Waals surface area contributed by atoms with Crippen LogP contribution in [0.15, 0.2) is 54.6 Å². The van der Waals surface area contributed by atoms with E-state index < -0.39 is 0 Å². The Morgan fingerprint density at radius 3 is 2.57 bits per heavy atom. The molecule has 3 heteroatoms. The number of ether oxygens (including phenoxy) is 1. The summed E-state index contributed by atoms with van der Waals surface area (Å²) in [6, 6.07) is 18.2. The van der Waals surface area contributed by atoms with E-state index in [2.05, 4.69) is 22.4 Å². The van der Waals surface area contributed by atoms with Gasteiger partial charge in [-0.05, 0) is 50.2 Å². The van der Waals surface area contributed by atoms with Crippen molar-refractivity contribution in [1.82, 2.24) is 4.98 Å². The van der Waals surface area contributed by atoms with Crippen LogP contribution in [0.3, 0.4) is 0 Å². The molecule has 0 spiro atoms. The van der Waals surface area contributed by atoms with Crippen LogP contribution >= 0.6 is 0 Å². The summed E-state index contributed by atoms with van der Waals surface area (Å²) in [4.78, 5) is 4.56. The number of nitrogens with zero attached hydrogens (tertiary/aromatic N) is 1. The summed E-state index contributed by atoms with van der Waals surface area (Å²) in [5.74, 6) is 0.888. The molecule has 0 radical (unpaired) electrons. The van der Waals surface area contributed by atoms with Crippen LogP contribution < -0.4 is 10.1 Å². The molecule has 0 aliphatic rings. The fraction of sp³-hybridized carbons (Fsp3) is 0.167. The van der Waals surface area contributed by atoms with E-state index in [1.807, 2.05) is 56.3 Å². The summed E-state index contributed by atoms with van der Waals surface area (Å²) in [5.41, 5.74) is 4.12. The summed E-state index contributed by atoms with van der Waals surface area (Å²) in [6.07, 6.45) is 0. The molecule has 0 bridgehead atoms. The molecule has 106 valence electrons. The van der Waals surface area contributed by atoms with Crippen LogP contribution in [0, 0.1) is 6.92 Å². The van der Waals surface area contributed by atoms with Crippen molar-refractivity contribution < 1.29 is 4.74 Å². The Labute approximate surface area is 124 Å². The van der Waals surface area contributed by atoms with Crippen molar-refractivity contribution in [3.63, 3.8) is 0 Å². The molecule has 1 aromatic heterocycles. The van der Waals surface area contributed by atoms with E-state index in [0.29, 0.717) is 6.61 Å². The van der Waals surface area contributed by atoms with Gasteiger partial charge < -0.3 is 10.1 Å². The van der Waals surface area contributed by atoms with Crippen molar-refractivity contribution in [3.05, 3.63) is 60.3 Å². The van der Waals surface area contributed by atoms with Gasteiger partial charge in [0, 0.05) is 22.5 Å². The molecule has 0 fully saturated rings. The predicted octanol–water partition coefficient (Wildman–Crippen LogP) is 4.69. The van der Waals surface area contributed by atoms with Crippen LogP contribution in [0.4, 0.5) is 11.4 Å². The van der Waals surface area contributed by atoms with Gasteiger partial charge in [0.2, 0.25) is 0 Å². The van der Waals surface area contributed by atoms with Crippen LogP contribution in [-0.4, -0.2) is 11.6 Å². The lowest BCUT2D eigenvalue weighted by molar-refractivity contribution is 0.340. The minimum absolute atomic E-state index is 0.682. The number of aromatic nitrogens is 1. The number of benzene rings is 2. The van der Waals surface area contributed by atoms with Gasteiger partial charge in [0.05, 0.1) is 12.1 Å². The number of hydrogen-bond donors (Lipinski definition) is 1. The molecule has 21 heavy (non-hydrogen) atoms. The second-order valence-corrected chi connectivity index (χ2v) is 4.91. The molecule has 1 heterocycles. The lowest BCUT2D eigenvalue weighted by atomic mass is 10.1. The molecule has 0 saturated heterocycles. The van der Waals surface area contributed by atoms with E-state index in [4.69, 9.17) is 4.74 Å². The number of hydrogen-bond acceptors (Lipinski definition) is 3. The fourth-order valence-corrected chi connectivity index (χ4v) is 2.37. The van der Waals surface area contributed by atoms with Crippen LogP contribution in [0.1, 0.15) is 12.6 Å². The summed E-state index contributed by atoms with van der Waals surface area (Å²) in [7, 11) is 0. The zero-order valence-electron chi connectivity index (χ0n) is 12.3. The molecule has 0 aliphatic heterocycles. The Balaban J connectivity index is 1.94. The topological polar surface area (TPSA) is 34.1 Å². The molecule has 0 unspecified atom stereocenters. The van der Waals surface area contributed by atoms with Gasteiger partial charge in [-0.25, -0.2) is 0 Å². The van der Waals surface area contributed by atoms with Gasteiger partial charge >= 0.3 is 0 Å². The van der Waals surface area contributed by atoms with Gasteiger partial charge in [0.1, 0.15) is 5.75 Å². The van der Waals surface area contributed by atoms with Crippen LogP contribution in [0.5, 0.6) is 5.75 Å². The van der Waals surface area contributed by atoms with E-state index in [0.717, 1.165) is 33.7 Å². The van der Waals surface area contributed by atoms with E-state index in [1.165, 1.54) is 0 Å². The number of pyridine rings is 1. The SMILES string of the molecule is CCOc1ccc(Nc2cc(C)nc3ccccc23)cc1. The monoisotopic (exact) mass is 278 g/mol. The smallest absolute Gasteiger partial charge is 0.119 e. The quantitative estimate of drug-likeness (QED) is 0.752. The molecule has 1 N–H and O–H groups in total. The average molecular weight is 278 g/mol. The molecule has 0 amide bonds. The molecular formula is C18H18N2O. The van der Waals surface area contributed by atoms with Crippen molar-refractivity contribution in [2.24, 2.45) is 0 Å². The van der Waals surface area contributed by atoms with E-state index in [-0.39, 0.29) is 0 Å². The summed E-state index contributed by atoms with van der Waals surface area (Å²) in [6.45, 7) is 4.68. The number of para-hydroxylation sites is 1. The Hall–Kier alpha value is -2.55. The van der Waals surface area contributed by atoms with Crippen molar-refractivity contribution >= 4 is 22.3 Å². The number of aryl methyl sites for hydroxylation is 1. The minimum atomic E-state index is 0.682. The Morgan fingerprint density at radius 2 is 1.81 bits per heavy atom. The molecule has 3 rings (SSSR count). The molecule has 0 aliphatic carbocycles. The molecule has 3 nitrogen and oxygen atoms in total. The third-order valence-corrected chi connectivity index (χ3v) is 3.29. The highest BCUT2D eigenvalue weighted by molar-refractivity contribution is 5.93. The average Bonchev–Trinajstić information content (AvgIpc) is 2.49. The first kappa shape index (κ1) is 13.4. The molecular weight excluding hydrogens is 260 g/mol. The maximum atomic E-state index is 5.46. The van der Waals surface area contributed by atoms with Gasteiger partial charge in [-0.1, -0.05) is 18.2 Å². The van der Waals surface area contributed by atoms with Crippen molar-refractivity contribution in [2.45, 2.75) is 13.8 Å². The van der Waals surface area contributed by atoms with Gasteiger partial charge in [-0.3, -0.25) is 4.98 Å². The van der Waals surface area contributed by atoms with Crippen LogP contribution in [-0.2, 0) is 0 Å². The second kappa shape index (κ2) is 5.83. The van der Waals surface area contributed by atoms with Crippen molar-refractivity contribution in [2.75, 3.05) is 11.9 Å². The standard InChI is InChI=1S/C18H18N2O/c1-3-21-15-10-8-14(9-11-15)20-18-12-13(2)19-17-7-5-4-6-16(17)18/h4-12H,3H2,1-2H3,(H,19,20). The first-order valence-corrected chi connectivity index (χ1v) is 7.12. The largest absolute Gasteiger partial charge is 0.494 e. The van der Waals surface area contributed by atoms with E-state index >= 15 is 0 Å². The first-order valence-electron chi connectivity index (χ1n) is 7.12. The lowest BCUT2D eigenvalue weighted by Crippen LogP contribution is -1.95.